The minimum Gasteiger partial charge on any atom is -0.388 e. The van der Waals surface area contributed by atoms with E-state index in [1.807, 2.05) is 0 Å². The van der Waals surface area contributed by atoms with Crippen molar-refractivity contribution in [2.75, 3.05) is 25.6 Å². The third kappa shape index (κ3) is 4.39. The first-order valence-corrected chi connectivity index (χ1v) is 5.38. The van der Waals surface area contributed by atoms with Gasteiger partial charge in [-0.3, -0.25) is 4.98 Å². The largest absolute Gasteiger partial charge is 0.388 e. The minimum atomic E-state index is -0.876. The van der Waals surface area contributed by atoms with Gasteiger partial charge >= 0.3 is 0 Å². The van der Waals surface area contributed by atoms with Crippen LogP contribution in [-0.2, 0) is 4.74 Å². The topological polar surface area (TPSA) is 78.2 Å². The molecule has 92 valence electrons. The second-order valence-electron chi connectivity index (χ2n) is 4.13. The van der Waals surface area contributed by atoms with Crippen molar-refractivity contribution in [1.29, 1.82) is 5.26 Å². The van der Waals surface area contributed by atoms with Crippen molar-refractivity contribution in [3.05, 3.63) is 24.0 Å². The molecule has 0 saturated heterocycles. The molecule has 0 aliphatic rings. The van der Waals surface area contributed by atoms with Gasteiger partial charge in [-0.05, 0) is 13.0 Å². The molecule has 1 unspecified atom stereocenters. The molecule has 2 N–H and O–H groups in total. The maximum atomic E-state index is 10.0. The van der Waals surface area contributed by atoms with Crippen molar-refractivity contribution in [3.8, 4) is 6.07 Å². The quantitative estimate of drug-likeness (QED) is 0.773. The standard InChI is InChI=1S/C12H17N3O2/c1-12(16,4-6-17-2)9-15-11-8-14-5-3-10(11)7-13/h3,5,8,15-16H,4,6,9H2,1-2H3. The molecule has 0 aromatic carbocycles. The van der Waals surface area contributed by atoms with Gasteiger partial charge in [-0.15, -0.1) is 0 Å². The SMILES string of the molecule is COCCC(C)(O)CNc1cnccc1C#N. The van der Waals surface area contributed by atoms with Gasteiger partial charge in [0.25, 0.3) is 0 Å². The fraction of sp³-hybridized carbons (Fsp3) is 0.500. The Bertz CT molecular complexity index is 399. The van der Waals surface area contributed by atoms with Crippen LogP contribution in [0.2, 0.25) is 0 Å². The van der Waals surface area contributed by atoms with Crippen LogP contribution in [0.4, 0.5) is 5.69 Å². The van der Waals surface area contributed by atoms with E-state index in [0.717, 1.165) is 0 Å². The second-order valence-corrected chi connectivity index (χ2v) is 4.13. The molecule has 0 spiro atoms. The lowest BCUT2D eigenvalue weighted by Crippen LogP contribution is -2.34. The summed E-state index contributed by atoms with van der Waals surface area (Å²) in [6, 6.07) is 3.70. The van der Waals surface area contributed by atoms with Gasteiger partial charge in [0.15, 0.2) is 0 Å². The molecule has 0 amide bonds. The van der Waals surface area contributed by atoms with Crippen molar-refractivity contribution < 1.29 is 9.84 Å². The second kappa shape index (κ2) is 6.18. The van der Waals surface area contributed by atoms with Crippen molar-refractivity contribution in [2.45, 2.75) is 18.9 Å². The maximum Gasteiger partial charge on any atom is 0.101 e. The average Bonchev–Trinajstić information content (AvgIpc) is 2.34. The Morgan fingerprint density at radius 2 is 2.41 bits per heavy atom. The molecule has 0 aliphatic carbocycles. The van der Waals surface area contributed by atoms with E-state index in [0.29, 0.717) is 30.8 Å². The highest BCUT2D eigenvalue weighted by Crippen LogP contribution is 2.15. The van der Waals surface area contributed by atoms with Crippen LogP contribution in [0.25, 0.3) is 0 Å². The summed E-state index contributed by atoms with van der Waals surface area (Å²) < 4.78 is 4.92. The third-order valence-corrected chi connectivity index (χ3v) is 2.45. The highest BCUT2D eigenvalue weighted by atomic mass is 16.5. The summed E-state index contributed by atoms with van der Waals surface area (Å²) in [5.41, 5.74) is 0.272. The number of nitrogens with one attached hydrogen (secondary N) is 1. The van der Waals surface area contributed by atoms with Gasteiger partial charge in [-0.2, -0.15) is 5.26 Å². The smallest absolute Gasteiger partial charge is 0.101 e. The van der Waals surface area contributed by atoms with Gasteiger partial charge in [0.05, 0.1) is 23.0 Å². The van der Waals surface area contributed by atoms with Crippen LogP contribution in [-0.4, -0.2) is 36.0 Å². The Balaban J connectivity index is 2.58. The molecule has 0 radical (unpaired) electrons. The Morgan fingerprint density at radius 1 is 1.65 bits per heavy atom. The van der Waals surface area contributed by atoms with E-state index >= 15 is 0 Å². The summed E-state index contributed by atoms with van der Waals surface area (Å²) >= 11 is 0. The van der Waals surface area contributed by atoms with Crippen molar-refractivity contribution >= 4 is 5.69 Å². The number of pyridine rings is 1. The van der Waals surface area contributed by atoms with Gasteiger partial charge in [-0.1, -0.05) is 0 Å². The molecular formula is C12H17N3O2. The molecular weight excluding hydrogens is 218 g/mol. The summed E-state index contributed by atoms with van der Waals surface area (Å²) in [6.45, 7) is 2.56. The zero-order valence-corrected chi connectivity index (χ0v) is 10.1. The van der Waals surface area contributed by atoms with Crippen LogP contribution in [0.5, 0.6) is 0 Å². The van der Waals surface area contributed by atoms with Crippen LogP contribution in [0, 0.1) is 11.3 Å². The Labute approximate surface area is 101 Å². The number of hydrogen-bond donors (Lipinski definition) is 2. The minimum absolute atomic E-state index is 0.344. The van der Waals surface area contributed by atoms with Crippen molar-refractivity contribution in [2.24, 2.45) is 0 Å². The maximum absolute atomic E-state index is 10.0. The lowest BCUT2D eigenvalue weighted by molar-refractivity contribution is 0.0357. The Hall–Kier alpha value is -1.64. The van der Waals surface area contributed by atoms with Crippen molar-refractivity contribution in [3.63, 3.8) is 0 Å². The van der Waals surface area contributed by atoms with E-state index in [1.165, 1.54) is 0 Å². The normalized spacial score (nSPS) is 13.8. The lowest BCUT2D eigenvalue weighted by Gasteiger charge is -2.23. The van der Waals surface area contributed by atoms with Gasteiger partial charge in [0, 0.05) is 32.9 Å². The Kier molecular flexibility index (Phi) is 4.88. The fourth-order valence-corrected chi connectivity index (χ4v) is 1.33. The number of nitriles is 1. The zero-order chi connectivity index (χ0) is 12.7. The summed E-state index contributed by atoms with van der Waals surface area (Å²) in [6.07, 6.45) is 3.66. The molecule has 0 bridgehead atoms. The van der Waals surface area contributed by atoms with Gasteiger partial charge in [0.1, 0.15) is 6.07 Å². The summed E-state index contributed by atoms with van der Waals surface area (Å²) in [5, 5.41) is 21.9. The molecule has 1 heterocycles. The van der Waals surface area contributed by atoms with Crippen LogP contribution < -0.4 is 5.32 Å². The summed E-state index contributed by atoms with van der Waals surface area (Å²) in [5.74, 6) is 0. The molecule has 0 fully saturated rings. The van der Waals surface area contributed by atoms with Crippen molar-refractivity contribution in [1.82, 2.24) is 4.98 Å². The summed E-state index contributed by atoms with van der Waals surface area (Å²) in [4.78, 5) is 3.94. The molecule has 5 nitrogen and oxygen atoms in total. The number of nitrogens with zero attached hydrogens (tertiary/aromatic N) is 2. The number of aliphatic hydroxyl groups is 1. The van der Waals surface area contributed by atoms with E-state index < -0.39 is 5.60 Å². The van der Waals surface area contributed by atoms with Crippen LogP contribution >= 0.6 is 0 Å². The number of hydrogen-bond acceptors (Lipinski definition) is 5. The molecule has 1 aromatic rings. The monoisotopic (exact) mass is 235 g/mol. The zero-order valence-electron chi connectivity index (χ0n) is 10.1. The molecule has 1 aromatic heterocycles. The number of ether oxygens (including phenoxy) is 1. The van der Waals surface area contributed by atoms with Gasteiger partial charge < -0.3 is 15.2 Å². The average molecular weight is 235 g/mol. The number of methoxy groups -OCH3 is 1. The lowest BCUT2D eigenvalue weighted by atomic mass is 10.0. The van der Waals surface area contributed by atoms with E-state index in [9.17, 15) is 5.11 Å². The fourth-order valence-electron chi connectivity index (χ4n) is 1.33. The van der Waals surface area contributed by atoms with E-state index in [1.54, 1.807) is 32.5 Å². The van der Waals surface area contributed by atoms with E-state index in [4.69, 9.17) is 10.00 Å². The first-order valence-electron chi connectivity index (χ1n) is 5.38. The molecule has 0 aliphatic heterocycles. The highest BCUT2D eigenvalue weighted by Gasteiger charge is 2.20. The van der Waals surface area contributed by atoms with Crippen LogP contribution in [0.15, 0.2) is 18.5 Å². The number of anilines is 1. The predicted octanol–water partition coefficient (Wildman–Crippen LogP) is 1.15. The molecule has 0 saturated carbocycles. The molecule has 1 atom stereocenters. The predicted molar refractivity (Wildman–Crippen MR) is 64.6 cm³/mol. The molecule has 17 heavy (non-hydrogen) atoms. The molecule has 5 heteroatoms. The van der Waals surface area contributed by atoms with E-state index in [2.05, 4.69) is 16.4 Å². The first-order chi connectivity index (χ1) is 8.09. The van der Waals surface area contributed by atoms with Gasteiger partial charge in [0.2, 0.25) is 0 Å². The van der Waals surface area contributed by atoms with E-state index in [-0.39, 0.29) is 0 Å². The van der Waals surface area contributed by atoms with Gasteiger partial charge in [-0.25, -0.2) is 0 Å². The highest BCUT2D eigenvalue weighted by molar-refractivity contribution is 5.55. The number of rotatable bonds is 6. The third-order valence-electron chi connectivity index (χ3n) is 2.45. The van der Waals surface area contributed by atoms with Crippen LogP contribution in [0.1, 0.15) is 18.9 Å². The van der Waals surface area contributed by atoms with Crippen LogP contribution in [0.3, 0.4) is 0 Å². The first kappa shape index (κ1) is 13.4. The molecule has 1 rings (SSSR count). The summed E-state index contributed by atoms with van der Waals surface area (Å²) in [7, 11) is 1.60. The Morgan fingerprint density at radius 3 is 3.06 bits per heavy atom. The number of aromatic nitrogens is 1.